The Morgan fingerprint density at radius 1 is 0.875 bits per heavy atom. The molecule has 0 bridgehead atoms. The number of hydrogen-bond acceptors (Lipinski definition) is 3. The molecular formula is C3H2AsN3Pb. The zero-order valence-corrected chi connectivity index (χ0v) is 11.4. The molecule has 0 amide bonds. The third-order valence-corrected chi connectivity index (χ3v) is 1.56. The van der Waals surface area contributed by atoms with Crippen LogP contribution in [0.25, 0.3) is 0 Å². The maximum atomic E-state index is 7.90. The molecule has 0 aromatic heterocycles. The van der Waals surface area contributed by atoms with E-state index in [1.807, 2.05) is 0 Å². The van der Waals surface area contributed by atoms with Gasteiger partial charge in [0, 0.05) is 0 Å². The second-order valence-electron chi connectivity index (χ2n) is 0.635. The Hall–Kier alpha value is -0.0495. The molecule has 0 saturated carbocycles. The number of nitriles is 3. The first-order chi connectivity index (χ1) is 3.35. The van der Waals surface area contributed by atoms with Crippen molar-refractivity contribution in [2.24, 2.45) is 0 Å². The number of nitrogens with zero attached hydrogens (tertiary/aromatic N) is 3. The van der Waals surface area contributed by atoms with Crippen LogP contribution in [0, 0.1) is 30.4 Å². The van der Waals surface area contributed by atoms with Gasteiger partial charge in [-0.3, -0.25) is 0 Å². The first kappa shape index (κ1) is 10.8. The maximum absolute atomic E-state index is 7.90. The molecule has 5 heteroatoms. The zero-order chi connectivity index (χ0) is 5.70. The van der Waals surface area contributed by atoms with E-state index in [9.17, 15) is 0 Å². The molecule has 8 heavy (non-hydrogen) atoms. The fraction of sp³-hybridized carbons (Fsp3) is 0. The van der Waals surface area contributed by atoms with Crippen LogP contribution in [-0.2, 0) is 0 Å². The van der Waals surface area contributed by atoms with Crippen LogP contribution in [0.4, 0.5) is 0 Å². The van der Waals surface area contributed by atoms with Crippen molar-refractivity contribution in [2.75, 3.05) is 0 Å². The van der Waals surface area contributed by atoms with Crippen molar-refractivity contribution >= 4 is 42.0 Å². The van der Waals surface area contributed by atoms with Crippen LogP contribution in [0.3, 0.4) is 0 Å². The van der Waals surface area contributed by atoms with Crippen LogP contribution in [0.2, 0.25) is 0 Å². The summed E-state index contributed by atoms with van der Waals surface area (Å²) in [6, 6.07) is 0. The Morgan fingerprint density at radius 3 is 1.12 bits per heavy atom. The minimum absolute atomic E-state index is 0. The van der Waals surface area contributed by atoms with Crippen molar-refractivity contribution in [2.45, 2.75) is 0 Å². The van der Waals surface area contributed by atoms with Gasteiger partial charge >= 0.3 is 72.3 Å². The van der Waals surface area contributed by atoms with Crippen LogP contribution < -0.4 is 0 Å². The monoisotopic (exact) mass is 363 g/mol. The summed E-state index contributed by atoms with van der Waals surface area (Å²) in [4.78, 5) is 4.88. The topological polar surface area (TPSA) is 71.4 Å². The van der Waals surface area contributed by atoms with Crippen LogP contribution in [-0.4, -0.2) is 42.0 Å². The molecular weight excluding hydrogens is 360 g/mol. The summed E-state index contributed by atoms with van der Waals surface area (Å²) in [7, 11) is 0. The molecule has 0 aliphatic heterocycles. The quantitative estimate of drug-likeness (QED) is 0.506. The molecule has 0 aromatic carbocycles. The summed E-state index contributed by atoms with van der Waals surface area (Å²) in [5, 5.41) is 23.7. The van der Waals surface area contributed by atoms with Gasteiger partial charge in [-0.05, 0) is 0 Å². The Kier molecular flexibility index (Phi) is 9.42. The summed E-state index contributed by atoms with van der Waals surface area (Å²) < 4.78 is 0. The third-order valence-electron chi connectivity index (χ3n) is 0.300. The third kappa shape index (κ3) is 4.12. The predicted octanol–water partition coefficient (Wildman–Crippen LogP) is -1.25. The minimum atomic E-state index is -2.31. The average Bonchev–Trinajstić information content (AvgIpc) is 1.72. The Bertz CT molecular complexity index is 137. The molecule has 0 aliphatic carbocycles. The second kappa shape index (κ2) is 6.95. The first-order valence-electron chi connectivity index (χ1n) is 1.34. The predicted molar refractivity (Wildman–Crippen MR) is 31.1 cm³/mol. The van der Waals surface area contributed by atoms with E-state index in [2.05, 4.69) is 0 Å². The molecule has 0 saturated heterocycles. The fourth-order valence-corrected chi connectivity index (χ4v) is 0.349. The molecule has 0 N–H and O–H groups in total. The molecule has 0 heterocycles. The van der Waals surface area contributed by atoms with E-state index >= 15 is 0 Å². The van der Waals surface area contributed by atoms with Gasteiger partial charge < -0.3 is 0 Å². The summed E-state index contributed by atoms with van der Waals surface area (Å²) in [6.45, 7) is 0. The molecule has 0 aromatic rings. The number of rotatable bonds is 0. The molecule has 0 atom stereocenters. The first-order valence-corrected chi connectivity index (χ1v) is 4.16. The number of hydrogen-bond donors (Lipinski definition) is 0. The van der Waals surface area contributed by atoms with E-state index in [0.717, 1.165) is 0 Å². The van der Waals surface area contributed by atoms with Crippen molar-refractivity contribution < 1.29 is 0 Å². The van der Waals surface area contributed by atoms with Gasteiger partial charge in [-0.2, -0.15) is 0 Å². The van der Waals surface area contributed by atoms with E-state index in [-0.39, 0.29) is 27.3 Å². The standard InChI is InChI=1S/C3AsN3.Pb.2H/c5-1-4(2-6)3-7;;;. The van der Waals surface area contributed by atoms with Crippen molar-refractivity contribution in [3.8, 4) is 14.6 Å². The van der Waals surface area contributed by atoms with Gasteiger partial charge in [-0.15, -0.1) is 0 Å². The summed E-state index contributed by atoms with van der Waals surface area (Å²) in [5.41, 5.74) is 0. The zero-order valence-electron chi connectivity index (χ0n) is 4.00. The molecule has 0 aliphatic rings. The average molecular weight is 362 g/mol. The molecule has 3 nitrogen and oxygen atoms in total. The van der Waals surface area contributed by atoms with Gasteiger partial charge in [0.15, 0.2) is 0 Å². The van der Waals surface area contributed by atoms with E-state index in [1.54, 1.807) is 14.6 Å². The van der Waals surface area contributed by atoms with Crippen molar-refractivity contribution in [1.82, 2.24) is 0 Å². The Balaban J connectivity index is 0. The summed E-state index contributed by atoms with van der Waals surface area (Å²) in [5.74, 6) is 0. The van der Waals surface area contributed by atoms with E-state index in [1.165, 1.54) is 0 Å². The SMILES string of the molecule is N#C[As](C#N)C#N.[PbH2]. The molecule has 2 radical (unpaired) electrons. The van der Waals surface area contributed by atoms with E-state index < -0.39 is 14.7 Å². The van der Waals surface area contributed by atoms with Gasteiger partial charge in [0.05, 0.1) is 0 Å². The van der Waals surface area contributed by atoms with Gasteiger partial charge in [0.2, 0.25) is 0 Å². The van der Waals surface area contributed by atoms with Crippen LogP contribution >= 0.6 is 0 Å². The van der Waals surface area contributed by atoms with Crippen LogP contribution in [0.1, 0.15) is 0 Å². The van der Waals surface area contributed by atoms with Gasteiger partial charge in [-0.25, -0.2) is 0 Å². The molecule has 0 fully saturated rings. The van der Waals surface area contributed by atoms with Crippen LogP contribution in [0.5, 0.6) is 0 Å². The van der Waals surface area contributed by atoms with Gasteiger partial charge in [0.25, 0.3) is 0 Å². The van der Waals surface area contributed by atoms with E-state index in [4.69, 9.17) is 15.8 Å². The van der Waals surface area contributed by atoms with Crippen molar-refractivity contribution in [1.29, 1.82) is 15.8 Å². The molecule has 0 rings (SSSR count). The van der Waals surface area contributed by atoms with Crippen LogP contribution in [0.15, 0.2) is 0 Å². The Morgan fingerprint density at radius 2 is 1.12 bits per heavy atom. The molecule has 38 valence electrons. The normalized spacial score (nSPS) is 5.25. The van der Waals surface area contributed by atoms with Gasteiger partial charge in [-0.1, -0.05) is 0 Å². The molecule has 0 unspecified atom stereocenters. The summed E-state index contributed by atoms with van der Waals surface area (Å²) >= 11 is -2.31. The molecule has 0 spiro atoms. The van der Waals surface area contributed by atoms with Crippen molar-refractivity contribution in [3.05, 3.63) is 0 Å². The second-order valence-corrected chi connectivity index (χ2v) is 3.30. The Labute approximate surface area is 71.9 Å². The van der Waals surface area contributed by atoms with E-state index in [0.29, 0.717) is 0 Å². The summed E-state index contributed by atoms with van der Waals surface area (Å²) in [6.07, 6.45) is 0. The van der Waals surface area contributed by atoms with Gasteiger partial charge in [0.1, 0.15) is 0 Å². The van der Waals surface area contributed by atoms with Crippen molar-refractivity contribution in [3.63, 3.8) is 0 Å². The fourth-order valence-electron chi connectivity index (χ4n) is 0.0671.